The van der Waals surface area contributed by atoms with Crippen molar-refractivity contribution in [3.8, 4) is 0 Å². The predicted octanol–water partition coefficient (Wildman–Crippen LogP) is 2.08. The van der Waals surface area contributed by atoms with Gasteiger partial charge >= 0.3 is 0 Å². The number of rotatable bonds is 2. The summed E-state index contributed by atoms with van der Waals surface area (Å²) in [6.07, 6.45) is 7.39. The second-order valence-corrected chi connectivity index (χ2v) is 5.45. The largest absolute Gasteiger partial charge is 0.368 e. The van der Waals surface area contributed by atoms with Crippen LogP contribution < -0.4 is 5.73 Å². The smallest absolute Gasteiger partial charge is 0.224 e. The second kappa shape index (κ2) is 3.87. The third-order valence-corrected chi connectivity index (χ3v) is 4.33. The number of nitrogen functional groups attached to an aromatic ring is 1. The molecule has 4 nitrogen and oxygen atoms in total. The molecule has 16 heavy (non-hydrogen) atoms. The highest BCUT2D eigenvalue weighted by Crippen LogP contribution is 2.60. The van der Waals surface area contributed by atoms with Crippen molar-refractivity contribution in [2.24, 2.45) is 11.8 Å². The Balaban J connectivity index is 1.87. The van der Waals surface area contributed by atoms with Gasteiger partial charge in [-0.15, -0.1) is 0 Å². The van der Waals surface area contributed by atoms with Crippen molar-refractivity contribution < 1.29 is 0 Å². The molecule has 86 valence electrons. The molecule has 2 fully saturated rings. The minimum Gasteiger partial charge on any atom is -0.368 e. The lowest BCUT2D eigenvalue weighted by atomic mass is 10.0. The van der Waals surface area contributed by atoms with Crippen LogP contribution in [0.3, 0.4) is 0 Å². The number of anilines is 1. The van der Waals surface area contributed by atoms with Crippen LogP contribution in [-0.2, 0) is 0 Å². The van der Waals surface area contributed by atoms with Crippen molar-refractivity contribution in [2.45, 2.75) is 36.8 Å². The van der Waals surface area contributed by atoms with Crippen LogP contribution in [0.15, 0.2) is 5.16 Å². The van der Waals surface area contributed by atoms with Crippen LogP contribution in [0.4, 0.5) is 5.95 Å². The number of nitrogens with zero attached hydrogens (tertiary/aromatic N) is 3. The molecule has 0 saturated heterocycles. The summed E-state index contributed by atoms with van der Waals surface area (Å²) in [5, 5.41) is 0.756. The van der Waals surface area contributed by atoms with Gasteiger partial charge in [0.1, 0.15) is 5.82 Å². The number of thioether (sulfide) groups is 1. The van der Waals surface area contributed by atoms with E-state index in [0.717, 1.165) is 22.8 Å². The van der Waals surface area contributed by atoms with Gasteiger partial charge in [-0.3, -0.25) is 0 Å². The van der Waals surface area contributed by atoms with E-state index in [1.165, 1.54) is 37.4 Å². The van der Waals surface area contributed by atoms with Gasteiger partial charge in [0.05, 0.1) is 0 Å². The van der Waals surface area contributed by atoms with E-state index in [-0.39, 0.29) is 0 Å². The molecule has 1 heterocycles. The average Bonchev–Trinajstić information content (AvgIpc) is 3.02. The van der Waals surface area contributed by atoms with Crippen molar-refractivity contribution in [1.29, 1.82) is 0 Å². The van der Waals surface area contributed by atoms with Gasteiger partial charge in [0.25, 0.3) is 0 Å². The van der Waals surface area contributed by atoms with Crippen molar-refractivity contribution in [3.63, 3.8) is 0 Å². The van der Waals surface area contributed by atoms with Gasteiger partial charge in [0.15, 0.2) is 5.16 Å². The second-order valence-electron chi connectivity index (χ2n) is 4.68. The van der Waals surface area contributed by atoms with Crippen LogP contribution in [0.1, 0.15) is 37.4 Å². The molecule has 3 rings (SSSR count). The van der Waals surface area contributed by atoms with Gasteiger partial charge < -0.3 is 5.73 Å². The third-order valence-electron chi connectivity index (χ3n) is 3.79. The first-order valence-corrected chi connectivity index (χ1v) is 7.07. The molecule has 1 aromatic heterocycles. The van der Waals surface area contributed by atoms with Crippen LogP contribution in [0.5, 0.6) is 0 Å². The maximum Gasteiger partial charge on any atom is 0.224 e. The lowest BCUT2D eigenvalue weighted by Crippen LogP contribution is -2.04. The first-order chi connectivity index (χ1) is 7.79. The molecular weight excluding hydrogens is 220 g/mol. The van der Waals surface area contributed by atoms with Gasteiger partial charge in [0.2, 0.25) is 5.95 Å². The van der Waals surface area contributed by atoms with E-state index in [1.807, 2.05) is 6.26 Å². The van der Waals surface area contributed by atoms with Gasteiger partial charge in [-0.05, 0) is 30.9 Å². The number of hydrogen-bond acceptors (Lipinski definition) is 5. The number of hydrogen-bond donors (Lipinski definition) is 1. The lowest BCUT2D eigenvalue weighted by molar-refractivity contribution is 0.480. The molecule has 5 heteroatoms. The quantitative estimate of drug-likeness (QED) is 0.796. The summed E-state index contributed by atoms with van der Waals surface area (Å²) in [6.45, 7) is 0. The summed E-state index contributed by atoms with van der Waals surface area (Å²) < 4.78 is 0. The molecule has 2 unspecified atom stereocenters. The fourth-order valence-electron chi connectivity index (χ4n) is 3.00. The Bertz CT molecular complexity index is 397. The maximum absolute atomic E-state index is 5.71. The standard InChI is InChI=1S/C11H16N4S/c1-16-11-14-9(13-10(12)15-11)8-6-4-2-3-5-7(6)8/h6-8H,2-5H2,1H3,(H2,12,13,14,15). The monoisotopic (exact) mass is 236 g/mol. The fraction of sp³-hybridized carbons (Fsp3) is 0.727. The Morgan fingerprint density at radius 1 is 1.12 bits per heavy atom. The zero-order valence-corrected chi connectivity index (χ0v) is 10.2. The van der Waals surface area contributed by atoms with E-state index < -0.39 is 0 Å². The molecule has 0 amide bonds. The molecule has 1 aromatic rings. The fourth-order valence-corrected chi connectivity index (χ4v) is 3.37. The van der Waals surface area contributed by atoms with E-state index in [9.17, 15) is 0 Å². The summed E-state index contributed by atoms with van der Waals surface area (Å²) in [6, 6.07) is 0. The molecule has 2 aliphatic rings. The molecule has 2 aliphatic carbocycles. The SMILES string of the molecule is CSc1nc(N)nc(C2C3CCCCC32)n1. The summed E-state index contributed by atoms with van der Waals surface area (Å²) >= 11 is 1.53. The zero-order chi connectivity index (χ0) is 11.1. The summed E-state index contributed by atoms with van der Waals surface area (Å²) in [5.41, 5.74) is 5.71. The van der Waals surface area contributed by atoms with Gasteiger partial charge in [-0.1, -0.05) is 24.6 Å². The van der Waals surface area contributed by atoms with E-state index in [1.54, 1.807) is 0 Å². The number of aromatic nitrogens is 3. The summed E-state index contributed by atoms with van der Waals surface area (Å²) in [4.78, 5) is 12.9. The number of nitrogens with two attached hydrogens (primary N) is 1. The third kappa shape index (κ3) is 1.67. The van der Waals surface area contributed by atoms with Gasteiger partial charge in [-0.25, -0.2) is 4.98 Å². The van der Waals surface area contributed by atoms with Crippen molar-refractivity contribution in [1.82, 2.24) is 15.0 Å². The highest BCUT2D eigenvalue weighted by atomic mass is 32.2. The highest BCUT2D eigenvalue weighted by molar-refractivity contribution is 7.98. The van der Waals surface area contributed by atoms with Crippen molar-refractivity contribution in [2.75, 3.05) is 12.0 Å². The normalized spacial score (nSPS) is 32.2. The van der Waals surface area contributed by atoms with Crippen LogP contribution in [-0.4, -0.2) is 21.2 Å². The minimum atomic E-state index is 0.373. The Hall–Kier alpha value is -0.840. The van der Waals surface area contributed by atoms with Crippen LogP contribution in [0.25, 0.3) is 0 Å². The van der Waals surface area contributed by atoms with E-state index in [2.05, 4.69) is 15.0 Å². The summed E-state index contributed by atoms with van der Waals surface area (Å²) in [5.74, 6) is 3.53. The van der Waals surface area contributed by atoms with Gasteiger partial charge in [-0.2, -0.15) is 9.97 Å². The zero-order valence-electron chi connectivity index (χ0n) is 9.39. The topological polar surface area (TPSA) is 64.7 Å². The molecule has 0 radical (unpaired) electrons. The first-order valence-electron chi connectivity index (χ1n) is 5.85. The molecule has 0 spiro atoms. The van der Waals surface area contributed by atoms with Crippen molar-refractivity contribution >= 4 is 17.7 Å². The maximum atomic E-state index is 5.71. The molecule has 0 aromatic carbocycles. The minimum absolute atomic E-state index is 0.373. The summed E-state index contributed by atoms with van der Waals surface area (Å²) in [7, 11) is 0. The first kappa shape index (κ1) is 10.3. The molecule has 0 bridgehead atoms. The Kier molecular flexibility index (Phi) is 2.50. The Morgan fingerprint density at radius 2 is 1.81 bits per heavy atom. The van der Waals surface area contributed by atoms with Crippen molar-refractivity contribution in [3.05, 3.63) is 5.82 Å². The van der Waals surface area contributed by atoms with Gasteiger partial charge in [0, 0.05) is 5.92 Å². The molecular formula is C11H16N4S. The Morgan fingerprint density at radius 3 is 2.44 bits per heavy atom. The van der Waals surface area contributed by atoms with E-state index in [4.69, 9.17) is 5.73 Å². The lowest BCUT2D eigenvalue weighted by Gasteiger charge is -2.04. The van der Waals surface area contributed by atoms with E-state index >= 15 is 0 Å². The molecule has 2 atom stereocenters. The molecule has 0 aliphatic heterocycles. The van der Waals surface area contributed by atoms with E-state index in [0.29, 0.717) is 11.9 Å². The highest BCUT2D eigenvalue weighted by Gasteiger charge is 2.53. The Labute approximate surface area is 99.5 Å². The van der Waals surface area contributed by atoms with Crippen LogP contribution >= 0.6 is 11.8 Å². The van der Waals surface area contributed by atoms with Crippen LogP contribution in [0, 0.1) is 11.8 Å². The molecule has 2 N–H and O–H groups in total. The van der Waals surface area contributed by atoms with Crippen LogP contribution in [0.2, 0.25) is 0 Å². The predicted molar refractivity (Wildman–Crippen MR) is 64.2 cm³/mol. The molecule has 2 saturated carbocycles. The average molecular weight is 236 g/mol. The number of fused-ring (bicyclic) bond motifs is 1.